The normalized spacial score (nSPS) is 17.6. The Morgan fingerprint density at radius 1 is 1.20 bits per heavy atom. The molecule has 0 aliphatic carbocycles. The van der Waals surface area contributed by atoms with Crippen molar-refractivity contribution in [1.82, 2.24) is 15.0 Å². The summed E-state index contributed by atoms with van der Waals surface area (Å²) in [6.07, 6.45) is 8.02. The Balaban J connectivity index is 1.47. The van der Waals surface area contributed by atoms with Crippen LogP contribution < -0.4 is 4.90 Å². The average Bonchev–Trinajstić information content (AvgIpc) is 3.13. The summed E-state index contributed by atoms with van der Waals surface area (Å²) in [4.78, 5) is 15.1. The lowest BCUT2D eigenvalue weighted by molar-refractivity contribution is 0.384. The van der Waals surface area contributed by atoms with Crippen LogP contribution in [-0.2, 0) is 6.42 Å². The van der Waals surface area contributed by atoms with Gasteiger partial charge in [-0.05, 0) is 30.5 Å². The highest BCUT2D eigenvalue weighted by molar-refractivity contribution is 6.31. The lowest BCUT2D eigenvalue weighted by atomic mass is 9.98. The van der Waals surface area contributed by atoms with Crippen molar-refractivity contribution in [3.63, 3.8) is 0 Å². The van der Waals surface area contributed by atoms with Crippen molar-refractivity contribution in [2.24, 2.45) is 0 Å². The SMILES string of the molecule is Clc1ccccc1Cc1cnc(C2CCCN(c3ccncn3)C2)o1. The van der Waals surface area contributed by atoms with Gasteiger partial charge in [-0.15, -0.1) is 0 Å². The van der Waals surface area contributed by atoms with Crippen molar-refractivity contribution < 1.29 is 4.42 Å². The molecule has 0 amide bonds. The summed E-state index contributed by atoms with van der Waals surface area (Å²) in [5.41, 5.74) is 1.05. The van der Waals surface area contributed by atoms with Crippen molar-refractivity contribution >= 4 is 17.4 Å². The summed E-state index contributed by atoms with van der Waals surface area (Å²) < 4.78 is 6.04. The third-order valence-corrected chi connectivity index (χ3v) is 4.92. The Morgan fingerprint density at radius 3 is 2.96 bits per heavy atom. The van der Waals surface area contributed by atoms with Crippen LogP contribution >= 0.6 is 11.6 Å². The zero-order valence-electron chi connectivity index (χ0n) is 13.8. The Bertz CT molecular complexity index is 836. The number of hydrogen-bond donors (Lipinski definition) is 0. The fourth-order valence-corrected chi connectivity index (χ4v) is 3.48. The Morgan fingerprint density at radius 2 is 2.12 bits per heavy atom. The lowest BCUT2D eigenvalue weighted by Gasteiger charge is -2.31. The van der Waals surface area contributed by atoms with Crippen LogP contribution in [0.5, 0.6) is 0 Å². The molecule has 0 bridgehead atoms. The first-order chi connectivity index (χ1) is 12.3. The molecule has 25 heavy (non-hydrogen) atoms. The van der Waals surface area contributed by atoms with Gasteiger partial charge in [0.25, 0.3) is 0 Å². The molecule has 6 heteroatoms. The summed E-state index contributed by atoms with van der Waals surface area (Å²) in [6.45, 7) is 1.86. The van der Waals surface area contributed by atoms with Crippen molar-refractivity contribution in [3.05, 3.63) is 71.3 Å². The van der Waals surface area contributed by atoms with Gasteiger partial charge in [-0.25, -0.2) is 15.0 Å². The molecule has 0 radical (unpaired) electrons. The van der Waals surface area contributed by atoms with E-state index in [4.69, 9.17) is 16.0 Å². The molecular weight excluding hydrogens is 336 g/mol. The topological polar surface area (TPSA) is 55.1 Å². The van der Waals surface area contributed by atoms with E-state index in [-0.39, 0.29) is 5.92 Å². The molecule has 3 heterocycles. The first kappa shape index (κ1) is 16.1. The van der Waals surface area contributed by atoms with E-state index < -0.39 is 0 Å². The molecule has 3 aromatic rings. The van der Waals surface area contributed by atoms with Crippen molar-refractivity contribution in [1.29, 1.82) is 0 Å². The number of oxazole rings is 1. The molecule has 4 rings (SSSR count). The fraction of sp³-hybridized carbons (Fsp3) is 0.316. The van der Waals surface area contributed by atoms with Crippen LogP contribution in [-0.4, -0.2) is 28.0 Å². The number of rotatable bonds is 4. The number of anilines is 1. The minimum Gasteiger partial charge on any atom is -0.445 e. The summed E-state index contributed by atoms with van der Waals surface area (Å²) in [6, 6.07) is 9.78. The molecule has 0 N–H and O–H groups in total. The quantitative estimate of drug-likeness (QED) is 0.706. The van der Waals surface area contributed by atoms with E-state index in [0.29, 0.717) is 6.42 Å². The first-order valence-corrected chi connectivity index (χ1v) is 8.86. The fourth-order valence-electron chi connectivity index (χ4n) is 3.28. The summed E-state index contributed by atoms with van der Waals surface area (Å²) in [5, 5.41) is 0.757. The van der Waals surface area contributed by atoms with Crippen molar-refractivity contribution in [2.75, 3.05) is 18.0 Å². The smallest absolute Gasteiger partial charge is 0.199 e. The average molecular weight is 355 g/mol. The monoisotopic (exact) mass is 354 g/mol. The number of aromatic nitrogens is 3. The molecule has 128 valence electrons. The van der Waals surface area contributed by atoms with E-state index in [0.717, 1.165) is 54.0 Å². The van der Waals surface area contributed by atoms with Gasteiger partial charge in [0.1, 0.15) is 17.9 Å². The number of piperidine rings is 1. The number of halogens is 1. The van der Waals surface area contributed by atoms with E-state index in [1.165, 1.54) is 0 Å². The predicted molar refractivity (Wildman–Crippen MR) is 97.0 cm³/mol. The maximum absolute atomic E-state index is 6.24. The van der Waals surface area contributed by atoms with Crippen molar-refractivity contribution in [2.45, 2.75) is 25.2 Å². The highest BCUT2D eigenvalue weighted by Crippen LogP contribution is 2.29. The van der Waals surface area contributed by atoms with Gasteiger partial charge >= 0.3 is 0 Å². The molecule has 1 aliphatic rings. The lowest BCUT2D eigenvalue weighted by Crippen LogP contribution is -2.35. The third kappa shape index (κ3) is 3.66. The first-order valence-electron chi connectivity index (χ1n) is 8.48. The van der Waals surface area contributed by atoms with Gasteiger partial charge in [0.15, 0.2) is 5.89 Å². The standard InChI is InChI=1S/C19H19ClN4O/c20-17-6-2-1-4-14(17)10-16-11-22-19(25-16)15-5-3-9-24(12-15)18-7-8-21-13-23-18/h1-2,4,6-8,11,13,15H,3,5,9-10,12H2. The van der Waals surface area contributed by atoms with Crippen LogP contribution in [0.25, 0.3) is 0 Å². The summed E-state index contributed by atoms with van der Waals surface area (Å²) in [5.74, 6) is 2.90. The van der Waals surface area contributed by atoms with E-state index in [1.54, 1.807) is 12.5 Å². The second-order valence-electron chi connectivity index (χ2n) is 6.29. The number of hydrogen-bond acceptors (Lipinski definition) is 5. The number of benzene rings is 1. The highest BCUT2D eigenvalue weighted by atomic mass is 35.5. The maximum atomic E-state index is 6.24. The number of nitrogens with zero attached hydrogens (tertiary/aromatic N) is 4. The van der Waals surface area contributed by atoms with Gasteiger partial charge in [0.2, 0.25) is 0 Å². The van der Waals surface area contributed by atoms with Crippen LogP contribution in [0.4, 0.5) is 5.82 Å². The minimum atomic E-state index is 0.281. The van der Waals surface area contributed by atoms with Gasteiger partial charge in [0, 0.05) is 30.7 Å². The van der Waals surface area contributed by atoms with Crippen LogP contribution in [0.1, 0.15) is 36.0 Å². The molecule has 1 aliphatic heterocycles. The van der Waals surface area contributed by atoms with Crippen LogP contribution in [0.3, 0.4) is 0 Å². The van der Waals surface area contributed by atoms with Gasteiger partial charge in [-0.3, -0.25) is 0 Å². The third-order valence-electron chi connectivity index (χ3n) is 4.55. The summed E-state index contributed by atoms with van der Waals surface area (Å²) >= 11 is 6.24. The van der Waals surface area contributed by atoms with Crippen LogP contribution in [0, 0.1) is 0 Å². The second-order valence-corrected chi connectivity index (χ2v) is 6.69. The van der Waals surface area contributed by atoms with E-state index in [2.05, 4.69) is 19.9 Å². The zero-order valence-corrected chi connectivity index (χ0v) is 14.6. The molecule has 1 unspecified atom stereocenters. The molecule has 1 atom stereocenters. The zero-order chi connectivity index (χ0) is 17.1. The largest absolute Gasteiger partial charge is 0.445 e. The van der Waals surface area contributed by atoms with Crippen LogP contribution in [0.15, 0.2) is 53.5 Å². The van der Waals surface area contributed by atoms with Gasteiger partial charge in [-0.2, -0.15) is 0 Å². The van der Waals surface area contributed by atoms with Crippen molar-refractivity contribution in [3.8, 4) is 0 Å². The molecule has 1 fully saturated rings. The molecule has 1 aromatic carbocycles. The molecule has 1 saturated heterocycles. The van der Waals surface area contributed by atoms with Gasteiger partial charge in [-0.1, -0.05) is 29.8 Å². The Labute approximate surface area is 151 Å². The summed E-state index contributed by atoms with van der Waals surface area (Å²) in [7, 11) is 0. The van der Waals surface area contributed by atoms with E-state index in [1.807, 2.05) is 36.5 Å². The van der Waals surface area contributed by atoms with Crippen LogP contribution in [0.2, 0.25) is 5.02 Å². The molecular formula is C19H19ClN4O. The van der Waals surface area contributed by atoms with E-state index >= 15 is 0 Å². The Kier molecular flexibility index (Phi) is 4.65. The van der Waals surface area contributed by atoms with Gasteiger partial charge in [0.05, 0.1) is 12.1 Å². The van der Waals surface area contributed by atoms with Gasteiger partial charge < -0.3 is 9.32 Å². The molecule has 2 aromatic heterocycles. The molecule has 5 nitrogen and oxygen atoms in total. The minimum absolute atomic E-state index is 0.281. The molecule has 0 spiro atoms. The van der Waals surface area contributed by atoms with E-state index in [9.17, 15) is 0 Å². The Hall–Kier alpha value is -2.40. The maximum Gasteiger partial charge on any atom is 0.199 e. The predicted octanol–water partition coefficient (Wildman–Crippen LogP) is 4.09. The highest BCUT2D eigenvalue weighted by Gasteiger charge is 2.26. The second kappa shape index (κ2) is 7.23. The molecule has 0 saturated carbocycles.